The highest BCUT2D eigenvalue weighted by Gasteiger charge is 2.29. The van der Waals surface area contributed by atoms with Gasteiger partial charge in [0.05, 0.1) is 6.54 Å². The third-order valence-electron chi connectivity index (χ3n) is 3.62. The molecule has 0 aromatic rings. The first-order valence-corrected chi connectivity index (χ1v) is 7.69. The second-order valence-electron chi connectivity index (χ2n) is 6.89. The summed E-state index contributed by atoms with van der Waals surface area (Å²) < 4.78 is 31.5. The average Bonchev–Trinajstić information content (AvgIpc) is 2.37. The number of nitrogens with two attached hydrogens (primary N) is 1. The molecule has 0 radical (unpaired) electrons. The number of amides is 1. The molecule has 4 nitrogen and oxygen atoms in total. The van der Waals surface area contributed by atoms with Gasteiger partial charge >= 0.3 is 6.09 Å². The molecule has 1 amide bonds. The lowest BCUT2D eigenvalue weighted by atomic mass is 9.92. The van der Waals surface area contributed by atoms with Crippen LogP contribution in [0.2, 0.25) is 0 Å². The molecule has 1 atom stereocenters. The van der Waals surface area contributed by atoms with Gasteiger partial charge in [-0.3, -0.25) is 0 Å². The van der Waals surface area contributed by atoms with Gasteiger partial charge in [-0.05, 0) is 52.4 Å². The predicted octanol–water partition coefficient (Wildman–Crippen LogP) is 3.40. The molecule has 0 bridgehead atoms. The predicted molar refractivity (Wildman–Crippen MR) is 78.4 cm³/mol. The van der Waals surface area contributed by atoms with Crippen LogP contribution in [0.15, 0.2) is 0 Å². The van der Waals surface area contributed by atoms with Crippen molar-refractivity contribution >= 4 is 6.09 Å². The highest BCUT2D eigenvalue weighted by molar-refractivity contribution is 5.68. The number of nitrogens with zero attached hydrogens (tertiary/aromatic N) is 1. The zero-order valence-corrected chi connectivity index (χ0v) is 13.3. The largest absolute Gasteiger partial charge is 0.444 e. The Labute approximate surface area is 126 Å². The molecular formula is C15H28F2N2O2. The second kappa shape index (κ2) is 7.38. The number of likely N-dealkylation sites (tertiary alicyclic amines) is 1. The fourth-order valence-electron chi connectivity index (χ4n) is 2.54. The van der Waals surface area contributed by atoms with Crippen molar-refractivity contribution in [3.05, 3.63) is 0 Å². The summed E-state index contributed by atoms with van der Waals surface area (Å²) in [6, 6.07) is 0. The average molecular weight is 306 g/mol. The zero-order chi connectivity index (χ0) is 16.1. The van der Waals surface area contributed by atoms with E-state index in [0.717, 1.165) is 12.8 Å². The maximum atomic E-state index is 13.1. The Morgan fingerprint density at radius 3 is 2.62 bits per heavy atom. The molecule has 1 heterocycles. The number of halogens is 2. The fourth-order valence-corrected chi connectivity index (χ4v) is 2.54. The number of ether oxygens (including phenoxy) is 1. The Kier molecular flexibility index (Phi) is 6.38. The molecule has 1 saturated heterocycles. The molecule has 0 aromatic carbocycles. The molecule has 1 aliphatic rings. The summed E-state index contributed by atoms with van der Waals surface area (Å²) in [5.74, 6) is -2.49. The van der Waals surface area contributed by atoms with E-state index >= 15 is 0 Å². The third kappa shape index (κ3) is 7.07. The van der Waals surface area contributed by atoms with Crippen LogP contribution >= 0.6 is 0 Å². The lowest BCUT2D eigenvalue weighted by molar-refractivity contribution is -0.00390. The van der Waals surface area contributed by atoms with Crippen LogP contribution in [0.3, 0.4) is 0 Å². The van der Waals surface area contributed by atoms with E-state index in [-0.39, 0.29) is 18.4 Å². The third-order valence-corrected chi connectivity index (χ3v) is 3.62. The van der Waals surface area contributed by atoms with Crippen molar-refractivity contribution in [2.75, 3.05) is 19.6 Å². The van der Waals surface area contributed by atoms with E-state index < -0.39 is 18.1 Å². The number of piperidine rings is 1. The van der Waals surface area contributed by atoms with Gasteiger partial charge < -0.3 is 15.4 Å². The minimum Gasteiger partial charge on any atom is -0.444 e. The lowest BCUT2D eigenvalue weighted by Gasteiger charge is -2.34. The van der Waals surface area contributed by atoms with E-state index in [0.29, 0.717) is 25.9 Å². The summed E-state index contributed by atoms with van der Waals surface area (Å²) in [6.07, 6.45) is 2.54. The molecule has 21 heavy (non-hydrogen) atoms. The Morgan fingerprint density at radius 2 is 2.05 bits per heavy atom. The molecule has 2 N–H and O–H groups in total. The minimum absolute atomic E-state index is 0.174. The van der Waals surface area contributed by atoms with Crippen LogP contribution in [0, 0.1) is 5.92 Å². The Hall–Kier alpha value is -0.910. The van der Waals surface area contributed by atoms with Crippen LogP contribution < -0.4 is 5.73 Å². The molecule has 124 valence electrons. The minimum atomic E-state index is -2.76. The molecule has 0 spiro atoms. The Balaban J connectivity index is 2.37. The highest BCUT2D eigenvalue weighted by Crippen LogP contribution is 2.26. The smallest absolute Gasteiger partial charge is 0.410 e. The van der Waals surface area contributed by atoms with E-state index in [2.05, 4.69) is 0 Å². The normalized spacial score (nSPS) is 20.5. The quantitative estimate of drug-likeness (QED) is 0.847. The van der Waals surface area contributed by atoms with Crippen molar-refractivity contribution in [2.45, 2.75) is 64.4 Å². The van der Waals surface area contributed by atoms with Gasteiger partial charge in [-0.15, -0.1) is 0 Å². The summed E-state index contributed by atoms with van der Waals surface area (Å²) >= 11 is 0. The van der Waals surface area contributed by atoms with E-state index in [4.69, 9.17) is 10.5 Å². The van der Waals surface area contributed by atoms with Gasteiger partial charge in [-0.2, -0.15) is 0 Å². The van der Waals surface area contributed by atoms with Crippen LogP contribution in [-0.2, 0) is 4.74 Å². The van der Waals surface area contributed by atoms with E-state index in [1.54, 1.807) is 4.90 Å². The molecule has 1 unspecified atom stereocenters. The molecule has 6 heteroatoms. The van der Waals surface area contributed by atoms with Gasteiger partial charge in [-0.25, -0.2) is 13.6 Å². The van der Waals surface area contributed by atoms with Crippen LogP contribution in [-0.4, -0.2) is 42.2 Å². The van der Waals surface area contributed by atoms with Crippen LogP contribution in [0.4, 0.5) is 13.6 Å². The summed E-state index contributed by atoms with van der Waals surface area (Å²) in [5.41, 5.74) is 4.52. The number of alkyl halides is 2. The van der Waals surface area contributed by atoms with Crippen molar-refractivity contribution in [1.82, 2.24) is 4.90 Å². The zero-order valence-electron chi connectivity index (χ0n) is 13.3. The van der Waals surface area contributed by atoms with E-state index in [9.17, 15) is 13.6 Å². The van der Waals surface area contributed by atoms with E-state index in [1.807, 2.05) is 20.8 Å². The Morgan fingerprint density at radius 1 is 1.38 bits per heavy atom. The van der Waals surface area contributed by atoms with Gasteiger partial charge in [0.25, 0.3) is 5.92 Å². The number of carbonyl (C=O) groups excluding carboxylic acids is 1. The lowest BCUT2D eigenvalue weighted by Crippen LogP contribution is -2.42. The van der Waals surface area contributed by atoms with Crippen LogP contribution in [0.5, 0.6) is 0 Å². The maximum absolute atomic E-state index is 13.1. The summed E-state index contributed by atoms with van der Waals surface area (Å²) in [6.45, 7) is 6.19. The topological polar surface area (TPSA) is 55.6 Å². The summed E-state index contributed by atoms with van der Waals surface area (Å²) in [7, 11) is 0. The van der Waals surface area contributed by atoms with Crippen molar-refractivity contribution in [2.24, 2.45) is 11.7 Å². The summed E-state index contributed by atoms with van der Waals surface area (Å²) in [4.78, 5) is 13.7. The molecule has 1 rings (SSSR count). The SMILES string of the molecule is CC(C)(C)OC(=O)N1CCCC(CCCC(F)(F)CN)C1. The Bertz CT molecular complexity index is 343. The van der Waals surface area contributed by atoms with Crippen LogP contribution in [0.1, 0.15) is 52.9 Å². The fraction of sp³-hybridized carbons (Fsp3) is 0.933. The monoisotopic (exact) mass is 306 g/mol. The number of carbonyl (C=O) groups is 1. The molecular weight excluding hydrogens is 278 g/mol. The molecule has 1 aliphatic heterocycles. The maximum Gasteiger partial charge on any atom is 0.410 e. The van der Waals surface area contributed by atoms with Crippen molar-refractivity contribution in [1.29, 1.82) is 0 Å². The number of hydrogen-bond acceptors (Lipinski definition) is 3. The molecule has 1 fully saturated rings. The standard InChI is InChI=1S/C15H28F2N2O2/c1-14(2,3)21-13(20)19-9-5-7-12(10-19)6-4-8-15(16,17)11-18/h12H,4-11,18H2,1-3H3. The second-order valence-corrected chi connectivity index (χ2v) is 6.89. The molecule has 0 saturated carbocycles. The van der Waals surface area contributed by atoms with E-state index in [1.165, 1.54) is 0 Å². The first-order chi connectivity index (χ1) is 9.63. The van der Waals surface area contributed by atoms with Gasteiger partial charge in [0.2, 0.25) is 0 Å². The van der Waals surface area contributed by atoms with Gasteiger partial charge in [0.15, 0.2) is 0 Å². The van der Waals surface area contributed by atoms with Gasteiger partial charge in [-0.1, -0.05) is 0 Å². The summed E-state index contributed by atoms with van der Waals surface area (Å²) in [5, 5.41) is 0. The first-order valence-electron chi connectivity index (χ1n) is 7.69. The van der Waals surface area contributed by atoms with Crippen molar-refractivity contribution in [3.8, 4) is 0 Å². The first kappa shape index (κ1) is 18.1. The van der Waals surface area contributed by atoms with Gasteiger partial charge in [0, 0.05) is 19.5 Å². The number of hydrogen-bond donors (Lipinski definition) is 1. The van der Waals surface area contributed by atoms with Crippen LogP contribution in [0.25, 0.3) is 0 Å². The van der Waals surface area contributed by atoms with Crippen molar-refractivity contribution in [3.63, 3.8) is 0 Å². The molecule has 0 aromatic heterocycles. The molecule has 0 aliphatic carbocycles. The van der Waals surface area contributed by atoms with Gasteiger partial charge in [0.1, 0.15) is 5.60 Å². The number of rotatable bonds is 5. The highest BCUT2D eigenvalue weighted by atomic mass is 19.3. The van der Waals surface area contributed by atoms with Crippen molar-refractivity contribution < 1.29 is 18.3 Å².